The number of ether oxygens (including phenoxy) is 2. The molecule has 1 saturated heterocycles. The third kappa shape index (κ3) is 5.89. The van der Waals surface area contributed by atoms with Crippen molar-refractivity contribution < 1.29 is 22.1 Å². The fraction of sp³-hybridized carbons (Fsp3) is 0.182. The van der Waals surface area contributed by atoms with Crippen LogP contribution >= 0.6 is 11.6 Å². The van der Waals surface area contributed by atoms with Gasteiger partial charge in [0.15, 0.2) is 5.75 Å². The van der Waals surface area contributed by atoms with E-state index in [2.05, 4.69) is 5.32 Å². The molecule has 2 heterocycles. The van der Waals surface area contributed by atoms with Crippen LogP contribution in [0.1, 0.15) is 24.1 Å². The van der Waals surface area contributed by atoms with Gasteiger partial charge < -0.3 is 18.2 Å². The van der Waals surface area contributed by atoms with E-state index in [0.29, 0.717) is 21.7 Å². The van der Waals surface area contributed by atoms with E-state index in [9.17, 15) is 13.2 Å². The van der Waals surface area contributed by atoms with Crippen molar-refractivity contribution in [1.82, 2.24) is 9.88 Å². The molecule has 1 aromatic heterocycles. The van der Waals surface area contributed by atoms with Crippen LogP contribution in [0.2, 0.25) is 5.02 Å². The Labute approximate surface area is 254 Å². The summed E-state index contributed by atoms with van der Waals surface area (Å²) < 4.78 is 45.9. The van der Waals surface area contributed by atoms with Crippen LogP contribution < -0.4 is 19.8 Å². The first kappa shape index (κ1) is 28.9. The molecule has 8 nitrogen and oxygen atoms in total. The normalized spacial score (nSPS) is 16.8. The van der Waals surface area contributed by atoms with Crippen LogP contribution in [0.5, 0.6) is 11.5 Å². The zero-order valence-corrected chi connectivity index (χ0v) is 25.1. The topological polar surface area (TPSA) is 95.9 Å². The van der Waals surface area contributed by atoms with E-state index in [-0.39, 0.29) is 35.6 Å². The molecule has 43 heavy (non-hydrogen) atoms. The molecular formula is C33H29ClN2O6S. The predicted molar refractivity (Wildman–Crippen MR) is 166 cm³/mol. The van der Waals surface area contributed by atoms with Gasteiger partial charge in [-0.15, -0.1) is 0 Å². The fourth-order valence-corrected chi connectivity index (χ4v) is 6.42. The molecule has 220 valence electrons. The van der Waals surface area contributed by atoms with Gasteiger partial charge >= 0.3 is 10.1 Å². The Bertz CT molecular complexity index is 1940. The van der Waals surface area contributed by atoms with Gasteiger partial charge in [0.1, 0.15) is 16.9 Å². The summed E-state index contributed by atoms with van der Waals surface area (Å²) in [6, 6.07) is 27.8. The summed E-state index contributed by atoms with van der Waals surface area (Å²) >= 11 is 6.43. The van der Waals surface area contributed by atoms with Gasteiger partial charge in [-0.25, -0.2) is 0 Å². The lowest BCUT2D eigenvalue weighted by Gasteiger charge is -2.21. The highest BCUT2D eigenvalue weighted by atomic mass is 35.5. The van der Waals surface area contributed by atoms with Crippen LogP contribution in [0, 0.1) is 0 Å². The van der Waals surface area contributed by atoms with Crippen LogP contribution in [0.25, 0.3) is 22.0 Å². The van der Waals surface area contributed by atoms with Gasteiger partial charge in [-0.3, -0.25) is 10.1 Å². The molecular weight excluding hydrogens is 588 g/mol. The van der Waals surface area contributed by atoms with E-state index in [0.717, 1.165) is 16.7 Å². The zero-order valence-electron chi connectivity index (χ0n) is 23.5. The first-order valence-electron chi connectivity index (χ1n) is 13.7. The number of aromatic nitrogens is 1. The Morgan fingerprint density at radius 3 is 2.30 bits per heavy atom. The summed E-state index contributed by atoms with van der Waals surface area (Å²) in [6.45, 7) is 2.21. The molecule has 0 aliphatic carbocycles. The summed E-state index contributed by atoms with van der Waals surface area (Å²) in [5.41, 5.74) is 2.90. The molecule has 1 N–H and O–H groups in total. The largest absolute Gasteiger partial charge is 0.497 e. The molecule has 5 aromatic rings. The van der Waals surface area contributed by atoms with Crippen LogP contribution in [0.15, 0.2) is 107 Å². The number of benzene rings is 4. The molecule has 1 fully saturated rings. The Hall–Kier alpha value is -4.15. The molecule has 6 rings (SSSR count). The first-order chi connectivity index (χ1) is 20.7. The number of nitrogens with zero attached hydrogens (tertiary/aromatic N) is 1. The Balaban J connectivity index is 1.48. The van der Waals surface area contributed by atoms with E-state index in [1.54, 1.807) is 42.0 Å². The van der Waals surface area contributed by atoms with Crippen LogP contribution in [0.3, 0.4) is 0 Å². The van der Waals surface area contributed by atoms with E-state index >= 15 is 0 Å². The van der Waals surface area contributed by atoms with E-state index < -0.39 is 21.7 Å². The second-order valence-corrected chi connectivity index (χ2v) is 12.2. The van der Waals surface area contributed by atoms with Gasteiger partial charge in [0, 0.05) is 10.4 Å². The molecule has 0 amide bonds. The predicted octanol–water partition coefficient (Wildman–Crippen LogP) is 6.15. The summed E-state index contributed by atoms with van der Waals surface area (Å²) in [5.74, 6) is 0.622. The van der Waals surface area contributed by atoms with Gasteiger partial charge in [0.05, 0.1) is 37.4 Å². The number of nitrogens with one attached hydrogen (secondary N) is 1. The van der Waals surface area contributed by atoms with Crippen molar-refractivity contribution in [3.63, 3.8) is 0 Å². The van der Waals surface area contributed by atoms with Gasteiger partial charge in [-0.05, 0) is 66.1 Å². The number of hydrogen-bond acceptors (Lipinski definition) is 7. The fourth-order valence-electron chi connectivity index (χ4n) is 5.28. The van der Waals surface area contributed by atoms with Crippen LogP contribution in [-0.2, 0) is 21.4 Å². The maximum Gasteiger partial charge on any atom is 0.339 e. The Morgan fingerprint density at radius 1 is 0.953 bits per heavy atom. The second-order valence-electron chi connectivity index (χ2n) is 10.3. The summed E-state index contributed by atoms with van der Waals surface area (Å²) in [7, 11) is -2.76. The van der Waals surface area contributed by atoms with Gasteiger partial charge in [-0.1, -0.05) is 66.2 Å². The Kier molecular flexibility index (Phi) is 7.98. The molecule has 0 saturated carbocycles. The maximum atomic E-state index is 14.3. The number of halogens is 1. The monoisotopic (exact) mass is 616 g/mol. The molecule has 4 aromatic carbocycles. The lowest BCUT2D eigenvalue weighted by molar-refractivity contribution is 0.115. The van der Waals surface area contributed by atoms with E-state index in [4.69, 9.17) is 25.3 Å². The molecule has 2 atom stereocenters. The minimum atomic E-state index is -4.35. The van der Waals surface area contributed by atoms with Crippen molar-refractivity contribution in [1.29, 1.82) is 0 Å². The number of hydrogen-bond donors (Lipinski definition) is 1. The zero-order chi connectivity index (χ0) is 30.1. The van der Waals surface area contributed by atoms with Crippen LogP contribution in [0.4, 0.5) is 0 Å². The quantitative estimate of drug-likeness (QED) is 0.209. The minimum absolute atomic E-state index is 0.0419. The van der Waals surface area contributed by atoms with Gasteiger partial charge in [0.25, 0.3) is 5.56 Å². The van der Waals surface area contributed by atoms with Crippen molar-refractivity contribution in [3.8, 4) is 22.6 Å². The third-order valence-electron chi connectivity index (χ3n) is 7.45. The average Bonchev–Trinajstić information content (AvgIpc) is 3.45. The summed E-state index contributed by atoms with van der Waals surface area (Å²) in [5, 5.41) is 3.99. The maximum absolute atomic E-state index is 14.3. The SMILES string of the molecule is COc1ccc(Cn2c(=O)c(C3COC(C)N3)c(OS(=O)(=O)c3ccc(-c4ccccc4)cc3)c3cc(Cl)ccc32)cc1. The third-order valence-corrected chi connectivity index (χ3v) is 8.93. The molecule has 0 radical (unpaired) electrons. The number of pyridine rings is 1. The summed E-state index contributed by atoms with van der Waals surface area (Å²) in [4.78, 5) is 14.2. The lowest BCUT2D eigenvalue weighted by Crippen LogP contribution is -2.33. The summed E-state index contributed by atoms with van der Waals surface area (Å²) in [6.07, 6.45) is -0.343. The average molecular weight is 617 g/mol. The molecule has 10 heteroatoms. The first-order valence-corrected chi connectivity index (χ1v) is 15.5. The molecule has 2 unspecified atom stereocenters. The number of methoxy groups -OCH3 is 1. The number of rotatable bonds is 8. The molecule has 1 aliphatic rings. The molecule has 0 spiro atoms. The minimum Gasteiger partial charge on any atom is -0.497 e. The lowest BCUT2D eigenvalue weighted by atomic mass is 10.0. The highest BCUT2D eigenvalue weighted by Crippen LogP contribution is 2.37. The van der Waals surface area contributed by atoms with Gasteiger partial charge in [-0.2, -0.15) is 8.42 Å². The van der Waals surface area contributed by atoms with Crippen molar-refractivity contribution >= 4 is 32.6 Å². The highest BCUT2D eigenvalue weighted by molar-refractivity contribution is 7.87. The highest BCUT2D eigenvalue weighted by Gasteiger charge is 2.33. The smallest absolute Gasteiger partial charge is 0.339 e. The van der Waals surface area contributed by atoms with E-state index in [1.807, 2.05) is 61.5 Å². The van der Waals surface area contributed by atoms with E-state index in [1.165, 1.54) is 12.1 Å². The van der Waals surface area contributed by atoms with Crippen molar-refractivity contribution in [2.75, 3.05) is 13.7 Å². The van der Waals surface area contributed by atoms with Gasteiger partial charge in [0.2, 0.25) is 0 Å². The second kappa shape index (κ2) is 11.9. The standard InChI is InChI=1S/C33H29ClN2O6S/c1-21-35-29(20-41-21)31-32(42-43(38,39)27-15-10-24(11-16-27)23-6-4-3-5-7-23)28-18-25(34)12-17-30(28)36(33(31)37)19-22-8-13-26(40-2)14-9-22/h3-18,21,29,35H,19-20H2,1-2H3. The van der Waals surface area contributed by atoms with Crippen molar-refractivity contribution in [3.05, 3.63) is 124 Å². The Morgan fingerprint density at radius 2 is 1.65 bits per heavy atom. The van der Waals surface area contributed by atoms with Crippen LogP contribution in [-0.4, -0.2) is 32.9 Å². The molecule has 1 aliphatic heterocycles. The number of fused-ring (bicyclic) bond motifs is 1. The van der Waals surface area contributed by atoms with Crippen molar-refractivity contribution in [2.24, 2.45) is 0 Å². The van der Waals surface area contributed by atoms with Crippen molar-refractivity contribution in [2.45, 2.75) is 30.6 Å². The molecule has 0 bridgehead atoms.